The normalized spacial score (nSPS) is 12.8. The summed E-state index contributed by atoms with van der Waals surface area (Å²) in [5.41, 5.74) is 12.6. The molecule has 1 aliphatic rings. The number of carboxylic acid groups (broad SMARTS) is 2. The van der Waals surface area contributed by atoms with Gasteiger partial charge in [0.1, 0.15) is 18.1 Å². The number of primary amides is 1. The van der Waals surface area contributed by atoms with E-state index in [4.69, 9.17) is 10.5 Å². The molecular weight excluding hydrogens is 522 g/mol. The lowest BCUT2D eigenvalue weighted by atomic mass is 9.91. The zero-order valence-corrected chi connectivity index (χ0v) is 23.1. The molecule has 0 spiro atoms. The van der Waals surface area contributed by atoms with Crippen molar-refractivity contribution in [2.45, 2.75) is 45.6 Å². The molecule has 0 atom stereocenters. The van der Waals surface area contributed by atoms with E-state index in [9.17, 15) is 24.6 Å². The Bertz CT molecular complexity index is 1700. The molecule has 9 nitrogen and oxygen atoms in total. The molecule has 0 radical (unpaired) electrons. The van der Waals surface area contributed by atoms with Gasteiger partial charge in [-0.2, -0.15) is 5.10 Å². The van der Waals surface area contributed by atoms with Gasteiger partial charge in [0.15, 0.2) is 0 Å². The summed E-state index contributed by atoms with van der Waals surface area (Å²) >= 11 is 0. The minimum atomic E-state index is -1.17. The Morgan fingerprint density at radius 2 is 1.76 bits per heavy atom. The average Bonchev–Trinajstić information content (AvgIpc) is 3.72. The predicted octanol–water partition coefficient (Wildman–Crippen LogP) is 5.25. The number of aryl methyl sites for hydroxylation is 2. The van der Waals surface area contributed by atoms with Gasteiger partial charge < -0.3 is 20.7 Å². The van der Waals surface area contributed by atoms with Gasteiger partial charge in [-0.15, -0.1) is 0 Å². The van der Waals surface area contributed by atoms with E-state index in [1.165, 1.54) is 22.4 Å². The first-order chi connectivity index (χ1) is 19.5. The van der Waals surface area contributed by atoms with Gasteiger partial charge in [0.05, 0.1) is 16.8 Å². The van der Waals surface area contributed by atoms with Gasteiger partial charge in [0, 0.05) is 18.2 Å². The summed E-state index contributed by atoms with van der Waals surface area (Å²) in [6, 6.07) is 16.0. The Hall–Kier alpha value is -4.92. The maximum absolute atomic E-state index is 12.0. The van der Waals surface area contributed by atoms with Crippen molar-refractivity contribution in [3.8, 4) is 17.0 Å². The number of benzene rings is 3. The Balaban J connectivity index is 1.44. The number of carbonyl (C=O) groups excluding carboxylic acids is 1. The number of nitrogens with two attached hydrogens (primary N) is 1. The van der Waals surface area contributed by atoms with Crippen LogP contribution >= 0.6 is 0 Å². The maximum atomic E-state index is 12.0. The fraction of sp³-hybridized carbons (Fsp3) is 0.250. The zero-order valence-electron chi connectivity index (χ0n) is 23.1. The van der Waals surface area contributed by atoms with Crippen LogP contribution in [-0.4, -0.2) is 37.8 Å². The average molecular weight is 554 g/mol. The van der Waals surface area contributed by atoms with Crippen molar-refractivity contribution in [1.82, 2.24) is 9.78 Å². The quantitative estimate of drug-likeness (QED) is 0.243. The Labute approximate surface area is 237 Å². The van der Waals surface area contributed by atoms with Gasteiger partial charge >= 0.3 is 11.9 Å². The number of amides is 1. The van der Waals surface area contributed by atoms with E-state index in [1.54, 1.807) is 13.1 Å². The summed E-state index contributed by atoms with van der Waals surface area (Å²) in [7, 11) is 1.69. The van der Waals surface area contributed by atoms with Crippen molar-refractivity contribution in [2.24, 2.45) is 12.8 Å². The third-order valence-corrected chi connectivity index (χ3v) is 7.63. The fourth-order valence-corrected chi connectivity index (χ4v) is 5.40. The smallest absolute Gasteiger partial charge is 0.336 e. The standard InChI is InChI=1S/C32H31N3O6/c1-17-13-22(28-18(2)29(30(33)36)35(3)34-28)11-12-27(17)41-16-26-20(5-4-6-24(26)19-7-8-19)14-21-9-10-23(31(37)38)15-25(21)32(39)40/h4-6,9-13,15,19H,7-8,14,16H2,1-3H3,(H2,33,36)(H,37,38)(H,39,40). The van der Waals surface area contributed by atoms with Crippen LogP contribution in [0.25, 0.3) is 11.3 Å². The summed E-state index contributed by atoms with van der Waals surface area (Å²) < 4.78 is 7.84. The van der Waals surface area contributed by atoms with E-state index in [-0.39, 0.29) is 11.1 Å². The summed E-state index contributed by atoms with van der Waals surface area (Å²) in [6.45, 7) is 4.07. The molecule has 1 heterocycles. The van der Waals surface area contributed by atoms with Crippen LogP contribution in [0.3, 0.4) is 0 Å². The molecule has 41 heavy (non-hydrogen) atoms. The number of ether oxygens (including phenoxy) is 1. The highest BCUT2D eigenvalue weighted by Crippen LogP contribution is 2.43. The van der Waals surface area contributed by atoms with Crippen molar-refractivity contribution in [3.63, 3.8) is 0 Å². The van der Waals surface area contributed by atoms with Crippen molar-refractivity contribution in [2.75, 3.05) is 0 Å². The Morgan fingerprint density at radius 1 is 1.00 bits per heavy atom. The molecule has 1 saturated carbocycles. The maximum Gasteiger partial charge on any atom is 0.336 e. The van der Waals surface area contributed by atoms with Crippen molar-refractivity contribution < 1.29 is 29.3 Å². The molecule has 5 rings (SSSR count). The number of aromatic carboxylic acids is 2. The topological polar surface area (TPSA) is 145 Å². The van der Waals surface area contributed by atoms with Crippen LogP contribution < -0.4 is 10.5 Å². The first-order valence-corrected chi connectivity index (χ1v) is 13.3. The molecule has 0 aliphatic heterocycles. The number of hydrogen-bond acceptors (Lipinski definition) is 5. The van der Waals surface area contributed by atoms with E-state index in [2.05, 4.69) is 11.2 Å². The number of aromatic nitrogens is 2. The summed E-state index contributed by atoms with van der Waals surface area (Å²) in [6.07, 6.45) is 2.52. The SMILES string of the molecule is Cc1cc(-c2nn(C)c(C(N)=O)c2C)ccc1OCc1c(Cc2ccc(C(=O)O)cc2C(=O)O)cccc1C1CC1. The second-order valence-corrected chi connectivity index (χ2v) is 10.5. The number of nitrogens with zero attached hydrogens (tertiary/aromatic N) is 2. The molecule has 0 bridgehead atoms. The molecule has 4 aromatic rings. The van der Waals surface area contributed by atoms with Gasteiger partial charge in [-0.05, 0) is 97.2 Å². The lowest BCUT2D eigenvalue weighted by Gasteiger charge is -2.18. The molecule has 1 amide bonds. The van der Waals surface area contributed by atoms with E-state index in [0.717, 1.165) is 35.1 Å². The largest absolute Gasteiger partial charge is 0.489 e. The monoisotopic (exact) mass is 553 g/mol. The molecule has 1 aromatic heterocycles. The van der Waals surface area contributed by atoms with Crippen LogP contribution in [-0.2, 0) is 20.1 Å². The molecule has 1 fully saturated rings. The van der Waals surface area contributed by atoms with E-state index < -0.39 is 17.8 Å². The molecule has 3 aromatic carbocycles. The van der Waals surface area contributed by atoms with E-state index in [1.807, 2.05) is 44.2 Å². The molecule has 4 N–H and O–H groups in total. The molecule has 0 saturated heterocycles. The summed E-state index contributed by atoms with van der Waals surface area (Å²) in [5.74, 6) is -1.72. The van der Waals surface area contributed by atoms with Crippen LogP contribution in [0.1, 0.15) is 83.3 Å². The third kappa shape index (κ3) is 5.56. The number of carbonyl (C=O) groups is 3. The van der Waals surface area contributed by atoms with Gasteiger partial charge in [-0.1, -0.05) is 24.3 Å². The lowest BCUT2D eigenvalue weighted by molar-refractivity contribution is 0.0695. The lowest BCUT2D eigenvalue weighted by Crippen LogP contribution is -2.16. The summed E-state index contributed by atoms with van der Waals surface area (Å²) in [5, 5.41) is 23.6. The van der Waals surface area contributed by atoms with Crippen LogP contribution in [0.15, 0.2) is 54.6 Å². The van der Waals surface area contributed by atoms with Crippen LogP contribution in [0, 0.1) is 13.8 Å². The van der Waals surface area contributed by atoms with Gasteiger partial charge in [-0.25, -0.2) is 9.59 Å². The highest BCUT2D eigenvalue weighted by atomic mass is 16.5. The Kier molecular flexibility index (Phi) is 7.36. The molecule has 9 heteroatoms. The second kappa shape index (κ2) is 10.9. The zero-order chi connectivity index (χ0) is 29.4. The number of rotatable bonds is 10. The van der Waals surface area contributed by atoms with Crippen molar-refractivity contribution in [3.05, 3.63) is 105 Å². The van der Waals surface area contributed by atoms with Crippen LogP contribution in [0.5, 0.6) is 5.75 Å². The van der Waals surface area contributed by atoms with Crippen LogP contribution in [0.4, 0.5) is 0 Å². The van der Waals surface area contributed by atoms with Crippen LogP contribution in [0.2, 0.25) is 0 Å². The molecule has 0 unspecified atom stereocenters. The number of hydrogen-bond donors (Lipinski definition) is 3. The van der Waals surface area contributed by atoms with Crippen molar-refractivity contribution >= 4 is 17.8 Å². The first kappa shape index (κ1) is 27.6. The van der Waals surface area contributed by atoms with E-state index >= 15 is 0 Å². The van der Waals surface area contributed by atoms with E-state index in [0.29, 0.717) is 47.2 Å². The molecule has 1 aliphatic carbocycles. The van der Waals surface area contributed by atoms with Gasteiger partial charge in [-0.3, -0.25) is 9.48 Å². The minimum Gasteiger partial charge on any atom is -0.489 e. The third-order valence-electron chi connectivity index (χ3n) is 7.63. The fourth-order valence-electron chi connectivity index (χ4n) is 5.40. The molecular formula is C32H31N3O6. The first-order valence-electron chi connectivity index (χ1n) is 13.3. The highest BCUT2D eigenvalue weighted by Gasteiger charge is 2.28. The van der Waals surface area contributed by atoms with Gasteiger partial charge in [0.25, 0.3) is 5.91 Å². The highest BCUT2D eigenvalue weighted by molar-refractivity contribution is 5.95. The predicted molar refractivity (Wildman–Crippen MR) is 153 cm³/mol. The Morgan fingerprint density at radius 3 is 2.37 bits per heavy atom. The van der Waals surface area contributed by atoms with Crippen molar-refractivity contribution in [1.29, 1.82) is 0 Å². The summed E-state index contributed by atoms with van der Waals surface area (Å²) in [4.78, 5) is 35.2. The van der Waals surface area contributed by atoms with Gasteiger partial charge in [0.2, 0.25) is 0 Å². The molecule has 210 valence electrons. The second-order valence-electron chi connectivity index (χ2n) is 10.5. The number of carboxylic acids is 2. The minimum absolute atomic E-state index is 0.0238.